The van der Waals surface area contributed by atoms with E-state index in [1.165, 1.54) is 16.7 Å². The molecule has 112 valence electrons. The van der Waals surface area contributed by atoms with Crippen molar-refractivity contribution in [3.63, 3.8) is 0 Å². The average molecular weight is 367 g/mol. The van der Waals surface area contributed by atoms with Gasteiger partial charge in [0.2, 0.25) is 0 Å². The van der Waals surface area contributed by atoms with Crippen LogP contribution < -0.4 is 5.32 Å². The standard InChI is InChI=1S/C18H21BrClN/c1-4-21-18(16-8-7-15(19)11-17(16)20)10-14-9-12(2)5-6-13(14)3/h5-9,11,18,21H,4,10H2,1-3H3. The molecule has 0 aliphatic carbocycles. The van der Waals surface area contributed by atoms with Crippen LogP contribution in [0.4, 0.5) is 0 Å². The van der Waals surface area contributed by atoms with Crippen molar-refractivity contribution in [2.45, 2.75) is 33.2 Å². The normalized spacial score (nSPS) is 12.4. The van der Waals surface area contributed by atoms with Crippen LogP contribution in [0.15, 0.2) is 40.9 Å². The Bertz CT molecular complexity index is 625. The summed E-state index contributed by atoms with van der Waals surface area (Å²) in [6, 6.07) is 13.0. The van der Waals surface area contributed by atoms with E-state index in [0.29, 0.717) is 0 Å². The van der Waals surface area contributed by atoms with Crippen LogP contribution in [-0.4, -0.2) is 6.54 Å². The molecule has 1 nitrogen and oxygen atoms in total. The van der Waals surface area contributed by atoms with Crippen LogP contribution >= 0.6 is 27.5 Å². The summed E-state index contributed by atoms with van der Waals surface area (Å²) in [4.78, 5) is 0. The zero-order valence-electron chi connectivity index (χ0n) is 12.7. The molecule has 0 bridgehead atoms. The van der Waals surface area contributed by atoms with E-state index in [2.05, 4.69) is 72.3 Å². The summed E-state index contributed by atoms with van der Waals surface area (Å²) in [5.41, 5.74) is 5.16. The molecular weight excluding hydrogens is 346 g/mol. The minimum Gasteiger partial charge on any atom is -0.310 e. The Kier molecular flexibility index (Phi) is 5.86. The lowest BCUT2D eigenvalue weighted by Crippen LogP contribution is -2.23. The third-order valence-corrected chi connectivity index (χ3v) is 4.54. The van der Waals surface area contributed by atoms with E-state index in [1.807, 2.05) is 6.07 Å². The number of hydrogen-bond acceptors (Lipinski definition) is 1. The van der Waals surface area contributed by atoms with Gasteiger partial charge in [-0.3, -0.25) is 0 Å². The number of halogens is 2. The SMILES string of the molecule is CCNC(Cc1cc(C)ccc1C)c1ccc(Br)cc1Cl. The Labute approximate surface area is 140 Å². The van der Waals surface area contributed by atoms with E-state index >= 15 is 0 Å². The fraction of sp³-hybridized carbons (Fsp3) is 0.333. The minimum atomic E-state index is 0.232. The van der Waals surface area contributed by atoms with Gasteiger partial charge in [-0.2, -0.15) is 0 Å². The highest BCUT2D eigenvalue weighted by atomic mass is 79.9. The van der Waals surface area contributed by atoms with Crippen molar-refractivity contribution in [3.8, 4) is 0 Å². The number of likely N-dealkylation sites (N-methyl/N-ethyl adjacent to an activating group) is 1. The third-order valence-electron chi connectivity index (χ3n) is 3.72. The first-order chi connectivity index (χ1) is 10.0. The van der Waals surface area contributed by atoms with Crippen molar-refractivity contribution < 1.29 is 0 Å². The second-order valence-corrected chi connectivity index (χ2v) is 6.73. The zero-order chi connectivity index (χ0) is 15.4. The van der Waals surface area contributed by atoms with Gasteiger partial charge in [-0.1, -0.05) is 64.3 Å². The summed E-state index contributed by atoms with van der Waals surface area (Å²) < 4.78 is 1.01. The van der Waals surface area contributed by atoms with Crippen LogP contribution in [0, 0.1) is 13.8 Å². The van der Waals surface area contributed by atoms with Gasteiger partial charge in [-0.15, -0.1) is 0 Å². The molecule has 21 heavy (non-hydrogen) atoms. The molecule has 0 amide bonds. The van der Waals surface area contributed by atoms with E-state index in [0.717, 1.165) is 28.0 Å². The van der Waals surface area contributed by atoms with Crippen LogP contribution in [0.1, 0.15) is 35.2 Å². The number of benzene rings is 2. The summed E-state index contributed by atoms with van der Waals surface area (Å²) in [6.45, 7) is 7.35. The molecule has 0 aromatic heterocycles. The quantitative estimate of drug-likeness (QED) is 0.725. The second-order valence-electron chi connectivity index (χ2n) is 5.41. The van der Waals surface area contributed by atoms with Gasteiger partial charge < -0.3 is 5.32 Å². The maximum atomic E-state index is 6.43. The molecule has 0 heterocycles. The molecule has 0 saturated carbocycles. The summed E-state index contributed by atoms with van der Waals surface area (Å²) in [7, 11) is 0. The van der Waals surface area contributed by atoms with Crippen molar-refractivity contribution in [1.82, 2.24) is 5.32 Å². The van der Waals surface area contributed by atoms with Crippen LogP contribution in [0.5, 0.6) is 0 Å². The Morgan fingerprint density at radius 2 is 1.90 bits per heavy atom. The Balaban J connectivity index is 2.32. The lowest BCUT2D eigenvalue weighted by molar-refractivity contribution is 0.549. The highest BCUT2D eigenvalue weighted by molar-refractivity contribution is 9.10. The van der Waals surface area contributed by atoms with Gasteiger partial charge in [0.05, 0.1) is 0 Å². The molecule has 0 saturated heterocycles. The molecule has 1 unspecified atom stereocenters. The highest BCUT2D eigenvalue weighted by Gasteiger charge is 2.15. The molecule has 0 aliphatic rings. The molecular formula is C18H21BrClN. The minimum absolute atomic E-state index is 0.232. The van der Waals surface area contributed by atoms with E-state index in [1.54, 1.807) is 0 Å². The van der Waals surface area contributed by atoms with Crippen LogP contribution in [0.25, 0.3) is 0 Å². The monoisotopic (exact) mass is 365 g/mol. The van der Waals surface area contributed by atoms with Gasteiger partial charge in [0.25, 0.3) is 0 Å². The van der Waals surface area contributed by atoms with Gasteiger partial charge in [0, 0.05) is 15.5 Å². The number of aryl methyl sites for hydroxylation is 2. The maximum absolute atomic E-state index is 6.43. The molecule has 2 aromatic rings. The molecule has 3 heteroatoms. The number of nitrogens with one attached hydrogen (secondary N) is 1. The Hall–Kier alpha value is -0.830. The predicted octanol–water partition coefficient (Wildman–Crippen LogP) is 5.61. The van der Waals surface area contributed by atoms with E-state index in [-0.39, 0.29) is 6.04 Å². The first kappa shape index (κ1) is 16.5. The molecule has 1 N–H and O–H groups in total. The fourth-order valence-electron chi connectivity index (χ4n) is 2.56. The van der Waals surface area contributed by atoms with Crippen molar-refractivity contribution in [2.24, 2.45) is 0 Å². The van der Waals surface area contributed by atoms with E-state index in [4.69, 9.17) is 11.6 Å². The summed E-state index contributed by atoms with van der Waals surface area (Å²) in [5.74, 6) is 0. The first-order valence-corrected chi connectivity index (χ1v) is 8.42. The van der Waals surface area contributed by atoms with E-state index < -0.39 is 0 Å². The van der Waals surface area contributed by atoms with Gasteiger partial charge in [-0.25, -0.2) is 0 Å². The van der Waals surface area contributed by atoms with Crippen LogP contribution in [0.3, 0.4) is 0 Å². The molecule has 0 radical (unpaired) electrons. The number of rotatable bonds is 5. The fourth-order valence-corrected chi connectivity index (χ4v) is 3.37. The largest absolute Gasteiger partial charge is 0.310 e. The summed E-state index contributed by atoms with van der Waals surface area (Å²) in [5, 5.41) is 4.36. The summed E-state index contributed by atoms with van der Waals surface area (Å²) >= 11 is 9.89. The predicted molar refractivity (Wildman–Crippen MR) is 95.2 cm³/mol. The zero-order valence-corrected chi connectivity index (χ0v) is 15.1. The molecule has 0 aliphatic heterocycles. The smallest absolute Gasteiger partial charge is 0.0465 e. The molecule has 1 atom stereocenters. The topological polar surface area (TPSA) is 12.0 Å². The lowest BCUT2D eigenvalue weighted by Gasteiger charge is -2.21. The molecule has 0 spiro atoms. The summed E-state index contributed by atoms with van der Waals surface area (Å²) in [6.07, 6.45) is 0.947. The van der Waals surface area contributed by atoms with Gasteiger partial charge in [0.15, 0.2) is 0 Å². The van der Waals surface area contributed by atoms with Gasteiger partial charge in [0.1, 0.15) is 0 Å². The average Bonchev–Trinajstić information content (AvgIpc) is 2.42. The van der Waals surface area contributed by atoms with Gasteiger partial charge >= 0.3 is 0 Å². The molecule has 0 fully saturated rings. The van der Waals surface area contributed by atoms with E-state index in [9.17, 15) is 0 Å². The van der Waals surface area contributed by atoms with Crippen molar-refractivity contribution in [1.29, 1.82) is 0 Å². The number of hydrogen-bond donors (Lipinski definition) is 1. The maximum Gasteiger partial charge on any atom is 0.0465 e. The third kappa shape index (κ3) is 4.32. The van der Waals surface area contributed by atoms with Crippen LogP contribution in [0.2, 0.25) is 5.02 Å². The van der Waals surface area contributed by atoms with Crippen molar-refractivity contribution in [2.75, 3.05) is 6.54 Å². The highest BCUT2D eigenvalue weighted by Crippen LogP contribution is 2.29. The lowest BCUT2D eigenvalue weighted by atomic mass is 9.95. The van der Waals surface area contributed by atoms with Crippen molar-refractivity contribution >= 4 is 27.5 Å². The second kappa shape index (κ2) is 7.44. The van der Waals surface area contributed by atoms with Crippen LogP contribution in [-0.2, 0) is 6.42 Å². The molecule has 2 rings (SSSR count). The van der Waals surface area contributed by atoms with Crippen molar-refractivity contribution in [3.05, 3.63) is 68.1 Å². The molecule has 2 aromatic carbocycles. The Morgan fingerprint density at radius 3 is 2.57 bits per heavy atom. The first-order valence-electron chi connectivity index (χ1n) is 7.25. The Morgan fingerprint density at radius 1 is 1.14 bits per heavy atom. The van der Waals surface area contributed by atoms with Gasteiger partial charge in [-0.05, 0) is 55.6 Å².